The average molecular weight is 222 g/mol. The molecule has 2 heterocycles. The molecule has 2 unspecified atom stereocenters. The van der Waals surface area contributed by atoms with Crippen LogP contribution in [0.4, 0.5) is 5.82 Å². The molecule has 0 aliphatic carbocycles. The molecule has 1 saturated heterocycles. The topological polar surface area (TPSA) is 75.3 Å². The van der Waals surface area contributed by atoms with Crippen molar-refractivity contribution in [2.45, 2.75) is 26.0 Å². The second-order valence-corrected chi connectivity index (χ2v) is 4.32. The monoisotopic (exact) mass is 222 g/mol. The number of hydrogen-bond acceptors (Lipinski definition) is 5. The number of aliphatic hydroxyl groups excluding tert-OH is 1. The molecule has 2 atom stereocenters. The first kappa shape index (κ1) is 11.3. The van der Waals surface area contributed by atoms with E-state index < -0.39 is 0 Å². The highest BCUT2D eigenvalue weighted by molar-refractivity contribution is 5.46. The maximum Gasteiger partial charge on any atom is 0.155 e. The second-order valence-electron chi connectivity index (χ2n) is 4.32. The van der Waals surface area contributed by atoms with Crippen molar-refractivity contribution in [1.82, 2.24) is 10.2 Å². The molecule has 16 heavy (non-hydrogen) atoms. The van der Waals surface area contributed by atoms with Crippen LogP contribution in [0, 0.1) is 5.92 Å². The van der Waals surface area contributed by atoms with Gasteiger partial charge >= 0.3 is 0 Å². The number of hydrogen-bond donors (Lipinski definition) is 2. The van der Waals surface area contributed by atoms with Gasteiger partial charge in [0.1, 0.15) is 0 Å². The number of rotatable bonds is 3. The van der Waals surface area contributed by atoms with E-state index in [0.717, 1.165) is 30.9 Å². The number of anilines is 1. The Bertz CT molecular complexity index is 356. The largest absolute Gasteiger partial charge is 0.393 e. The Morgan fingerprint density at radius 2 is 2.50 bits per heavy atom. The van der Waals surface area contributed by atoms with E-state index in [2.05, 4.69) is 15.1 Å². The smallest absolute Gasteiger partial charge is 0.155 e. The molecule has 1 fully saturated rings. The Hall–Kier alpha value is -1.20. The molecule has 1 aliphatic heterocycles. The molecule has 88 valence electrons. The Balaban J connectivity index is 2.14. The van der Waals surface area contributed by atoms with E-state index in [9.17, 15) is 5.11 Å². The van der Waals surface area contributed by atoms with E-state index >= 15 is 0 Å². The SMILES string of the molecule is CC(O)C1CCN(c2nnccc2CN)C1. The predicted octanol–water partition coefficient (Wildman–Crippen LogP) is 0.142. The Labute approximate surface area is 95.3 Å². The fraction of sp³-hybridized carbons (Fsp3) is 0.636. The molecule has 2 rings (SSSR count). The summed E-state index contributed by atoms with van der Waals surface area (Å²) in [4.78, 5) is 2.16. The lowest BCUT2D eigenvalue weighted by molar-refractivity contribution is 0.136. The molecule has 0 aromatic carbocycles. The minimum atomic E-state index is -0.261. The van der Waals surface area contributed by atoms with Gasteiger partial charge in [-0.3, -0.25) is 0 Å². The number of aromatic nitrogens is 2. The van der Waals surface area contributed by atoms with Gasteiger partial charge in [-0.25, -0.2) is 0 Å². The number of nitrogens with zero attached hydrogens (tertiary/aromatic N) is 3. The summed E-state index contributed by atoms with van der Waals surface area (Å²) in [5.41, 5.74) is 6.68. The van der Waals surface area contributed by atoms with Crippen molar-refractivity contribution in [2.24, 2.45) is 11.7 Å². The van der Waals surface area contributed by atoms with Crippen LogP contribution < -0.4 is 10.6 Å². The first-order valence-corrected chi connectivity index (χ1v) is 5.66. The molecule has 0 amide bonds. The summed E-state index contributed by atoms with van der Waals surface area (Å²) in [6, 6.07) is 1.90. The van der Waals surface area contributed by atoms with Gasteiger partial charge in [0.25, 0.3) is 0 Å². The lowest BCUT2D eigenvalue weighted by Crippen LogP contribution is -2.26. The first-order chi connectivity index (χ1) is 7.72. The highest BCUT2D eigenvalue weighted by Crippen LogP contribution is 2.25. The van der Waals surface area contributed by atoms with Crippen LogP contribution in [-0.4, -0.2) is 34.5 Å². The van der Waals surface area contributed by atoms with Gasteiger partial charge in [-0.1, -0.05) is 0 Å². The molecule has 1 aromatic heterocycles. The van der Waals surface area contributed by atoms with Gasteiger partial charge in [-0.05, 0) is 19.4 Å². The van der Waals surface area contributed by atoms with Crippen LogP contribution in [0.2, 0.25) is 0 Å². The van der Waals surface area contributed by atoms with E-state index in [1.54, 1.807) is 6.20 Å². The van der Waals surface area contributed by atoms with Crippen molar-refractivity contribution in [1.29, 1.82) is 0 Å². The average Bonchev–Trinajstić information content (AvgIpc) is 2.78. The van der Waals surface area contributed by atoms with E-state index in [-0.39, 0.29) is 6.10 Å². The zero-order valence-corrected chi connectivity index (χ0v) is 9.50. The lowest BCUT2D eigenvalue weighted by atomic mass is 10.0. The van der Waals surface area contributed by atoms with E-state index in [1.807, 2.05) is 13.0 Å². The molecule has 5 nitrogen and oxygen atoms in total. The molecule has 0 saturated carbocycles. The zero-order valence-electron chi connectivity index (χ0n) is 9.50. The number of aliphatic hydroxyl groups is 1. The summed E-state index contributed by atoms with van der Waals surface area (Å²) in [6.45, 7) is 4.07. The minimum Gasteiger partial charge on any atom is -0.393 e. The van der Waals surface area contributed by atoms with E-state index in [0.29, 0.717) is 12.5 Å². The van der Waals surface area contributed by atoms with Crippen LogP contribution in [-0.2, 0) is 6.54 Å². The van der Waals surface area contributed by atoms with Crippen molar-refractivity contribution in [3.8, 4) is 0 Å². The van der Waals surface area contributed by atoms with Gasteiger partial charge in [0.15, 0.2) is 5.82 Å². The third-order valence-electron chi connectivity index (χ3n) is 3.21. The third-order valence-corrected chi connectivity index (χ3v) is 3.21. The van der Waals surface area contributed by atoms with Gasteiger partial charge in [-0.15, -0.1) is 5.10 Å². The molecule has 0 radical (unpaired) electrons. The Morgan fingerprint density at radius 1 is 1.69 bits per heavy atom. The van der Waals surface area contributed by atoms with Crippen LogP contribution in [0.1, 0.15) is 18.9 Å². The molecule has 3 N–H and O–H groups in total. The van der Waals surface area contributed by atoms with Gasteiger partial charge in [0, 0.05) is 31.1 Å². The second kappa shape index (κ2) is 4.76. The van der Waals surface area contributed by atoms with Crippen LogP contribution in [0.5, 0.6) is 0 Å². The van der Waals surface area contributed by atoms with Crippen LogP contribution in [0.3, 0.4) is 0 Å². The van der Waals surface area contributed by atoms with Crippen molar-refractivity contribution in [3.05, 3.63) is 17.8 Å². The lowest BCUT2D eigenvalue weighted by Gasteiger charge is -2.20. The van der Waals surface area contributed by atoms with Gasteiger partial charge < -0.3 is 15.7 Å². The normalized spacial score (nSPS) is 22.4. The highest BCUT2D eigenvalue weighted by Gasteiger charge is 2.27. The summed E-state index contributed by atoms with van der Waals surface area (Å²) in [5.74, 6) is 1.20. The van der Waals surface area contributed by atoms with Crippen LogP contribution in [0.25, 0.3) is 0 Å². The van der Waals surface area contributed by atoms with Crippen molar-refractivity contribution < 1.29 is 5.11 Å². The summed E-state index contributed by atoms with van der Waals surface area (Å²) >= 11 is 0. The van der Waals surface area contributed by atoms with Gasteiger partial charge in [0.2, 0.25) is 0 Å². The Morgan fingerprint density at radius 3 is 3.12 bits per heavy atom. The van der Waals surface area contributed by atoms with E-state index in [1.165, 1.54) is 0 Å². The standard InChI is InChI=1S/C11H18N4O/c1-8(16)10-3-5-15(7-10)11-9(6-12)2-4-13-14-11/h2,4,8,10,16H,3,5-7,12H2,1H3. The summed E-state index contributed by atoms with van der Waals surface area (Å²) in [6.07, 6.45) is 2.40. The maximum atomic E-state index is 9.56. The fourth-order valence-electron chi connectivity index (χ4n) is 2.15. The molecule has 5 heteroatoms. The first-order valence-electron chi connectivity index (χ1n) is 5.66. The van der Waals surface area contributed by atoms with Crippen molar-refractivity contribution in [3.63, 3.8) is 0 Å². The Kier molecular flexibility index (Phi) is 3.36. The predicted molar refractivity (Wildman–Crippen MR) is 61.9 cm³/mol. The molecule has 0 bridgehead atoms. The third kappa shape index (κ3) is 2.15. The molecular formula is C11H18N4O. The van der Waals surface area contributed by atoms with Gasteiger partial charge in [-0.2, -0.15) is 5.10 Å². The fourth-order valence-corrected chi connectivity index (χ4v) is 2.15. The summed E-state index contributed by atoms with van der Waals surface area (Å²) < 4.78 is 0. The summed E-state index contributed by atoms with van der Waals surface area (Å²) in [7, 11) is 0. The molecule has 1 aliphatic rings. The zero-order chi connectivity index (χ0) is 11.5. The molecular weight excluding hydrogens is 204 g/mol. The van der Waals surface area contributed by atoms with Crippen molar-refractivity contribution >= 4 is 5.82 Å². The minimum absolute atomic E-state index is 0.261. The van der Waals surface area contributed by atoms with Crippen LogP contribution in [0.15, 0.2) is 12.3 Å². The molecule has 0 spiro atoms. The van der Waals surface area contributed by atoms with E-state index in [4.69, 9.17) is 5.73 Å². The van der Waals surface area contributed by atoms with Gasteiger partial charge in [0.05, 0.1) is 12.3 Å². The quantitative estimate of drug-likeness (QED) is 0.761. The van der Waals surface area contributed by atoms with Crippen molar-refractivity contribution in [2.75, 3.05) is 18.0 Å². The maximum absolute atomic E-state index is 9.56. The number of nitrogens with two attached hydrogens (primary N) is 1. The highest BCUT2D eigenvalue weighted by atomic mass is 16.3. The van der Waals surface area contributed by atoms with Crippen LogP contribution >= 0.6 is 0 Å². The molecule has 1 aromatic rings. The summed E-state index contributed by atoms with van der Waals surface area (Å²) in [5, 5.41) is 17.6.